The second-order valence-corrected chi connectivity index (χ2v) is 5.83. The number of nitrogen functional groups attached to an aromatic ring is 2. The normalized spacial score (nSPS) is 10.2. The van der Waals surface area contributed by atoms with Gasteiger partial charge in [0, 0.05) is 5.75 Å². The summed E-state index contributed by atoms with van der Waals surface area (Å²) in [7, 11) is 0. The molecule has 2 rings (SSSR count). The van der Waals surface area contributed by atoms with E-state index in [0.717, 1.165) is 5.56 Å². The number of aromatic amines is 1. The van der Waals surface area contributed by atoms with E-state index in [1.54, 1.807) is 12.1 Å². The predicted molar refractivity (Wildman–Crippen MR) is 82.6 cm³/mol. The molecule has 1 aromatic carbocycles. The fourth-order valence-electron chi connectivity index (χ4n) is 1.61. The summed E-state index contributed by atoms with van der Waals surface area (Å²) in [5, 5.41) is 10.8. The van der Waals surface area contributed by atoms with Crippen molar-refractivity contribution >= 4 is 46.5 Å². The average Bonchev–Trinajstić information content (AvgIpc) is 2.39. The highest BCUT2D eigenvalue weighted by molar-refractivity contribution is 7.98. The molecule has 0 amide bonds. The zero-order valence-corrected chi connectivity index (χ0v) is 12.6. The lowest BCUT2D eigenvalue weighted by Crippen LogP contribution is -2.16. The van der Waals surface area contributed by atoms with Gasteiger partial charge in [-0.15, -0.1) is 0 Å². The van der Waals surface area contributed by atoms with E-state index in [9.17, 15) is 0 Å². The largest absolute Gasteiger partial charge is 0.397 e. The van der Waals surface area contributed by atoms with Gasteiger partial charge in [0.2, 0.25) is 0 Å². The lowest BCUT2D eigenvalue weighted by atomic mass is 10.2. The number of thioether (sulfide) groups is 1. The lowest BCUT2D eigenvalue weighted by molar-refractivity contribution is -0.409. The first-order chi connectivity index (χ1) is 9.51. The SMILES string of the molecule is N#Cc1c(N)cc(N)[nH+]c1SCc1ccc(Cl)c(Cl)c1. The molecule has 5 N–H and O–H groups in total. The third kappa shape index (κ3) is 3.28. The molecule has 0 bridgehead atoms. The van der Waals surface area contributed by atoms with Crippen molar-refractivity contribution in [2.45, 2.75) is 10.8 Å². The van der Waals surface area contributed by atoms with E-state index < -0.39 is 0 Å². The van der Waals surface area contributed by atoms with Crippen LogP contribution in [0.5, 0.6) is 0 Å². The van der Waals surface area contributed by atoms with Crippen molar-refractivity contribution in [2.75, 3.05) is 11.5 Å². The fraction of sp³-hybridized carbons (Fsp3) is 0.0769. The maximum absolute atomic E-state index is 9.13. The first-order valence-corrected chi connectivity index (χ1v) is 7.33. The van der Waals surface area contributed by atoms with Gasteiger partial charge in [-0.05, 0) is 17.7 Å². The molecule has 0 unspecified atom stereocenters. The van der Waals surface area contributed by atoms with Gasteiger partial charge in [-0.1, -0.05) is 41.0 Å². The zero-order valence-electron chi connectivity index (χ0n) is 10.3. The molecule has 0 fully saturated rings. The molecule has 7 heteroatoms. The molecule has 1 heterocycles. The number of rotatable bonds is 3. The Morgan fingerprint density at radius 2 is 1.95 bits per heavy atom. The average molecular weight is 326 g/mol. The molecular formula is C13H11Cl2N4S+. The number of H-pyrrole nitrogens is 1. The second-order valence-electron chi connectivity index (χ2n) is 4.03. The molecule has 20 heavy (non-hydrogen) atoms. The summed E-state index contributed by atoms with van der Waals surface area (Å²) in [5.41, 5.74) is 13.2. The van der Waals surface area contributed by atoms with Crippen LogP contribution in [0.15, 0.2) is 29.3 Å². The molecule has 102 valence electrons. The van der Waals surface area contributed by atoms with Gasteiger partial charge < -0.3 is 5.73 Å². The Balaban J connectivity index is 2.23. The van der Waals surface area contributed by atoms with E-state index in [-0.39, 0.29) is 0 Å². The van der Waals surface area contributed by atoms with Gasteiger partial charge in [0.15, 0.2) is 5.03 Å². The van der Waals surface area contributed by atoms with E-state index in [4.69, 9.17) is 39.9 Å². The second kappa shape index (κ2) is 6.23. The van der Waals surface area contributed by atoms with Crippen LogP contribution >= 0.6 is 35.0 Å². The minimum atomic E-state index is 0.361. The van der Waals surface area contributed by atoms with Gasteiger partial charge in [0.1, 0.15) is 11.6 Å². The minimum absolute atomic E-state index is 0.361. The van der Waals surface area contributed by atoms with Crippen LogP contribution in [0.25, 0.3) is 0 Å². The number of nitrogens with two attached hydrogens (primary N) is 2. The van der Waals surface area contributed by atoms with Crippen LogP contribution in [0.3, 0.4) is 0 Å². The minimum Gasteiger partial charge on any atom is -0.397 e. The highest BCUT2D eigenvalue weighted by Gasteiger charge is 2.14. The summed E-state index contributed by atoms with van der Waals surface area (Å²) in [4.78, 5) is 2.94. The van der Waals surface area contributed by atoms with Gasteiger partial charge in [-0.2, -0.15) is 5.26 Å². The van der Waals surface area contributed by atoms with Crippen LogP contribution < -0.4 is 16.5 Å². The number of hydrogen-bond donors (Lipinski definition) is 2. The van der Waals surface area contributed by atoms with Crippen LogP contribution in [0, 0.1) is 11.3 Å². The van der Waals surface area contributed by atoms with Crippen LogP contribution in [-0.4, -0.2) is 0 Å². The number of pyridine rings is 1. The molecule has 0 aliphatic carbocycles. The number of nitriles is 1. The third-order valence-electron chi connectivity index (χ3n) is 2.56. The third-order valence-corrected chi connectivity index (χ3v) is 4.38. The smallest absolute Gasteiger partial charge is 0.273 e. The molecule has 4 nitrogen and oxygen atoms in total. The Hall–Kier alpha value is -1.61. The topological polar surface area (TPSA) is 90.0 Å². The number of anilines is 2. The maximum Gasteiger partial charge on any atom is 0.273 e. The zero-order chi connectivity index (χ0) is 14.7. The monoisotopic (exact) mass is 325 g/mol. The summed E-state index contributed by atoms with van der Waals surface area (Å²) >= 11 is 13.3. The number of hydrogen-bond acceptors (Lipinski definition) is 4. The lowest BCUT2D eigenvalue weighted by Gasteiger charge is -2.05. The Kier molecular flexibility index (Phi) is 4.61. The van der Waals surface area contributed by atoms with E-state index in [1.165, 1.54) is 17.8 Å². The summed E-state index contributed by atoms with van der Waals surface area (Å²) in [6.07, 6.45) is 0. The molecular weight excluding hydrogens is 315 g/mol. The molecule has 0 radical (unpaired) electrons. The van der Waals surface area contributed by atoms with Crippen molar-refractivity contribution in [3.63, 3.8) is 0 Å². The molecule has 0 spiro atoms. The number of aromatic nitrogens is 1. The highest BCUT2D eigenvalue weighted by atomic mass is 35.5. The van der Waals surface area contributed by atoms with Crippen LogP contribution in [0.4, 0.5) is 11.5 Å². The Bertz CT molecular complexity index is 698. The van der Waals surface area contributed by atoms with Crippen molar-refractivity contribution in [1.82, 2.24) is 0 Å². The summed E-state index contributed by atoms with van der Waals surface area (Å²) in [5.74, 6) is 1.03. The van der Waals surface area contributed by atoms with Gasteiger partial charge in [0.05, 0.1) is 21.8 Å². The predicted octanol–water partition coefficient (Wildman–Crippen LogP) is 3.14. The van der Waals surface area contributed by atoms with Crippen LogP contribution in [0.2, 0.25) is 10.0 Å². The summed E-state index contributed by atoms with van der Waals surface area (Å²) in [6.45, 7) is 0. The van der Waals surface area contributed by atoms with Crippen LogP contribution in [-0.2, 0) is 5.75 Å². The molecule has 0 aliphatic rings. The first-order valence-electron chi connectivity index (χ1n) is 5.59. The Morgan fingerprint density at radius 1 is 1.20 bits per heavy atom. The van der Waals surface area contributed by atoms with Gasteiger partial charge in [-0.3, -0.25) is 5.73 Å². The maximum atomic E-state index is 9.13. The summed E-state index contributed by atoms with van der Waals surface area (Å²) in [6, 6.07) is 9.00. The molecule has 2 aromatic rings. The molecule has 1 aromatic heterocycles. The molecule has 0 aliphatic heterocycles. The quantitative estimate of drug-likeness (QED) is 0.848. The van der Waals surface area contributed by atoms with Gasteiger partial charge >= 0.3 is 0 Å². The van der Waals surface area contributed by atoms with Gasteiger partial charge in [0.25, 0.3) is 5.82 Å². The Morgan fingerprint density at radius 3 is 2.60 bits per heavy atom. The van der Waals surface area contributed by atoms with E-state index in [2.05, 4.69) is 11.1 Å². The van der Waals surface area contributed by atoms with Gasteiger partial charge in [-0.25, -0.2) is 4.98 Å². The van der Waals surface area contributed by atoms with E-state index in [0.29, 0.717) is 37.9 Å². The number of benzene rings is 1. The standard InChI is InChI=1S/C13H10Cl2N4S/c14-9-2-1-7(3-10(9)15)6-20-13-8(5-16)11(17)4-12(18)19-13/h1-4H,6H2,(H4,17,18,19)/p+1. The number of nitrogens with one attached hydrogen (secondary N) is 1. The molecule has 0 saturated heterocycles. The van der Waals surface area contributed by atoms with Crippen molar-refractivity contribution in [2.24, 2.45) is 0 Å². The van der Waals surface area contributed by atoms with Crippen molar-refractivity contribution in [1.29, 1.82) is 5.26 Å². The Labute approximate surface area is 130 Å². The first kappa shape index (κ1) is 14.8. The van der Waals surface area contributed by atoms with Crippen molar-refractivity contribution in [3.05, 3.63) is 45.4 Å². The number of halogens is 2. The number of nitrogens with zero attached hydrogens (tertiary/aromatic N) is 1. The van der Waals surface area contributed by atoms with Crippen molar-refractivity contribution in [3.8, 4) is 6.07 Å². The van der Waals surface area contributed by atoms with Crippen molar-refractivity contribution < 1.29 is 4.98 Å². The molecule has 0 atom stereocenters. The molecule has 0 saturated carbocycles. The highest BCUT2D eigenvalue weighted by Crippen LogP contribution is 2.29. The summed E-state index contributed by atoms with van der Waals surface area (Å²) < 4.78 is 0. The van der Waals surface area contributed by atoms with E-state index >= 15 is 0 Å². The van der Waals surface area contributed by atoms with E-state index in [1.807, 2.05) is 6.07 Å². The fourth-order valence-corrected chi connectivity index (χ4v) is 2.92. The van der Waals surface area contributed by atoms with Crippen LogP contribution in [0.1, 0.15) is 11.1 Å².